The molecule has 0 aromatic carbocycles. The second-order valence-corrected chi connectivity index (χ2v) is 6.46. The van der Waals surface area contributed by atoms with Gasteiger partial charge in [0.15, 0.2) is 5.96 Å². The molecular formula is C19H33IN4O. The van der Waals surface area contributed by atoms with Gasteiger partial charge in [-0.05, 0) is 38.3 Å². The van der Waals surface area contributed by atoms with E-state index in [4.69, 9.17) is 4.74 Å². The van der Waals surface area contributed by atoms with Gasteiger partial charge in [-0.25, -0.2) is 4.99 Å². The highest BCUT2D eigenvalue weighted by atomic mass is 127. The normalized spacial score (nSPS) is 16.8. The third-order valence-corrected chi connectivity index (χ3v) is 4.42. The fourth-order valence-corrected chi connectivity index (χ4v) is 3.13. The van der Waals surface area contributed by atoms with E-state index < -0.39 is 0 Å². The Bertz CT molecular complexity index is 489. The molecule has 1 aromatic heterocycles. The minimum atomic E-state index is -0.0323. The molecule has 0 saturated heterocycles. The molecule has 0 aliphatic heterocycles. The molecule has 142 valence electrons. The van der Waals surface area contributed by atoms with E-state index in [0.29, 0.717) is 6.54 Å². The van der Waals surface area contributed by atoms with Crippen LogP contribution in [0.3, 0.4) is 0 Å². The number of pyridine rings is 1. The molecular weight excluding hydrogens is 427 g/mol. The molecule has 0 atom stereocenters. The van der Waals surface area contributed by atoms with Gasteiger partial charge in [0, 0.05) is 25.9 Å². The van der Waals surface area contributed by atoms with Crippen molar-refractivity contribution in [1.29, 1.82) is 0 Å². The second kappa shape index (κ2) is 12.5. The van der Waals surface area contributed by atoms with Crippen LogP contribution >= 0.6 is 24.0 Å². The number of rotatable bonds is 8. The molecule has 1 aliphatic rings. The van der Waals surface area contributed by atoms with Crippen molar-refractivity contribution in [3.05, 3.63) is 30.1 Å². The molecule has 0 unspecified atom stereocenters. The Morgan fingerprint density at radius 2 is 2.00 bits per heavy atom. The molecule has 1 fully saturated rings. The van der Waals surface area contributed by atoms with Crippen molar-refractivity contribution in [2.75, 3.05) is 19.7 Å². The summed E-state index contributed by atoms with van der Waals surface area (Å²) < 4.78 is 6.25. The quantitative estimate of drug-likeness (QED) is 0.351. The molecule has 1 aromatic rings. The molecule has 6 heteroatoms. The second-order valence-electron chi connectivity index (χ2n) is 6.46. The summed E-state index contributed by atoms with van der Waals surface area (Å²) in [6.07, 6.45) is 8.99. The topological polar surface area (TPSA) is 58.5 Å². The van der Waals surface area contributed by atoms with Crippen LogP contribution in [-0.2, 0) is 11.3 Å². The van der Waals surface area contributed by atoms with Crippen LogP contribution in [0.2, 0.25) is 0 Å². The minimum absolute atomic E-state index is 0. The Morgan fingerprint density at radius 1 is 1.20 bits per heavy atom. The Morgan fingerprint density at radius 3 is 2.64 bits per heavy atom. The van der Waals surface area contributed by atoms with Gasteiger partial charge in [0.2, 0.25) is 0 Å². The van der Waals surface area contributed by atoms with Gasteiger partial charge in [-0.15, -0.1) is 24.0 Å². The number of halogens is 1. The van der Waals surface area contributed by atoms with E-state index >= 15 is 0 Å². The Hall–Kier alpha value is -0.890. The van der Waals surface area contributed by atoms with Crippen molar-refractivity contribution in [2.24, 2.45) is 4.99 Å². The molecule has 1 aliphatic carbocycles. The fraction of sp³-hybridized carbons (Fsp3) is 0.684. The third-order valence-electron chi connectivity index (χ3n) is 4.42. The summed E-state index contributed by atoms with van der Waals surface area (Å²) in [6, 6.07) is 5.92. The van der Waals surface area contributed by atoms with Gasteiger partial charge in [-0.3, -0.25) is 4.98 Å². The Kier molecular flexibility index (Phi) is 11.0. The SMILES string of the molecule is CCCOC1(CNC(=NCc2ccccn2)NCC)CCCCC1.I. The summed E-state index contributed by atoms with van der Waals surface area (Å²) >= 11 is 0. The minimum Gasteiger partial charge on any atom is -0.373 e. The van der Waals surface area contributed by atoms with Crippen LogP contribution in [-0.4, -0.2) is 36.2 Å². The molecule has 0 spiro atoms. The smallest absolute Gasteiger partial charge is 0.191 e. The van der Waals surface area contributed by atoms with Crippen LogP contribution in [0.5, 0.6) is 0 Å². The highest BCUT2D eigenvalue weighted by Crippen LogP contribution is 2.31. The summed E-state index contributed by atoms with van der Waals surface area (Å²) in [4.78, 5) is 8.98. The van der Waals surface area contributed by atoms with Crippen molar-refractivity contribution in [3.8, 4) is 0 Å². The van der Waals surface area contributed by atoms with Crippen LogP contribution in [0.1, 0.15) is 58.1 Å². The van der Waals surface area contributed by atoms with Crippen LogP contribution < -0.4 is 10.6 Å². The predicted octanol–water partition coefficient (Wildman–Crippen LogP) is 3.88. The zero-order valence-electron chi connectivity index (χ0n) is 15.6. The summed E-state index contributed by atoms with van der Waals surface area (Å²) in [6.45, 7) is 7.34. The van der Waals surface area contributed by atoms with Crippen molar-refractivity contribution in [3.63, 3.8) is 0 Å². The lowest BCUT2D eigenvalue weighted by Crippen LogP contribution is -2.49. The number of ether oxygens (including phenoxy) is 1. The van der Waals surface area contributed by atoms with Crippen molar-refractivity contribution in [1.82, 2.24) is 15.6 Å². The van der Waals surface area contributed by atoms with Gasteiger partial charge in [0.1, 0.15) is 0 Å². The first-order valence-electron chi connectivity index (χ1n) is 9.34. The van der Waals surface area contributed by atoms with Crippen LogP contribution in [0.25, 0.3) is 0 Å². The highest BCUT2D eigenvalue weighted by Gasteiger charge is 2.32. The predicted molar refractivity (Wildman–Crippen MR) is 115 cm³/mol. The van der Waals surface area contributed by atoms with E-state index in [1.54, 1.807) is 6.20 Å². The van der Waals surface area contributed by atoms with Crippen molar-refractivity contribution < 1.29 is 4.74 Å². The van der Waals surface area contributed by atoms with Crippen molar-refractivity contribution in [2.45, 2.75) is 64.5 Å². The monoisotopic (exact) mass is 460 g/mol. The van der Waals surface area contributed by atoms with Crippen LogP contribution in [0.15, 0.2) is 29.4 Å². The van der Waals surface area contributed by atoms with E-state index in [1.165, 1.54) is 19.3 Å². The number of nitrogens with zero attached hydrogens (tertiary/aromatic N) is 2. The van der Waals surface area contributed by atoms with E-state index in [2.05, 4.69) is 34.5 Å². The van der Waals surface area contributed by atoms with Gasteiger partial charge in [-0.1, -0.05) is 32.3 Å². The van der Waals surface area contributed by atoms with E-state index in [9.17, 15) is 0 Å². The average Bonchev–Trinajstić information content (AvgIpc) is 2.64. The molecule has 1 saturated carbocycles. The maximum absolute atomic E-state index is 6.25. The molecule has 2 rings (SSSR count). The summed E-state index contributed by atoms with van der Waals surface area (Å²) in [7, 11) is 0. The number of hydrogen-bond donors (Lipinski definition) is 2. The van der Waals surface area contributed by atoms with Gasteiger partial charge in [0.25, 0.3) is 0 Å². The summed E-state index contributed by atoms with van der Waals surface area (Å²) in [5.74, 6) is 0.841. The first-order valence-corrected chi connectivity index (χ1v) is 9.34. The van der Waals surface area contributed by atoms with Crippen LogP contribution in [0.4, 0.5) is 0 Å². The number of aliphatic imine (C=N–C) groups is 1. The maximum atomic E-state index is 6.25. The summed E-state index contributed by atoms with van der Waals surface area (Å²) in [5, 5.41) is 6.82. The summed E-state index contributed by atoms with van der Waals surface area (Å²) in [5.41, 5.74) is 0.944. The molecule has 1 heterocycles. The average molecular weight is 460 g/mol. The van der Waals surface area contributed by atoms with E-state index in [0.717, 1.165) is 50.6 Å². The first-order chi connectivity index (χ1) is 11.8. The molecule has 5 nitrogen and oxygen atoms in total. The lowest BCUT2D eigenvalue weighted by atomic mass is 9.84. The third kappa shape index (κ3) is 7.90. The molecule has 0 amide bonds. The molecule has 0 bridgehead atoms. The van der Waals surface area contributed by atoms with Crippen molar-refractivity contribution >= 4 is 29.9 Å². The molecule has 25 heavy (non-hydrogen) atoms. The Labute approximate surface area is 169 Å². The molecule has 2 N–H and O–H groups in total. The number of hydrogen-bond acceptors (Lipinski definition) is 3. The van der Waals surface area contributed by atoms with E-state index in [-0.39, 0.29) is 29.6 Å². The van der Waals surface area contributed by atoms with Gasteiger partial charge in [0.05, 0.1) is 17.8 Å². The highest BCUT2D eigenvalue weighted by molar-refractivity contribution is 14.0. The maximum Gasteiger partial charge on any atom is 0.191 e. The molecule has 0 radical (unpaired) electrons. The first kappa shape index (κ1) is 22.2. The number of guanidine groups is 1. The van der Waals surface area contributed by atoms with E-state index in [1.807, 2.05) is 18.2 Å². The van der Waals surface area contributed by atoms with Gasteiger partial charge in [-0.2, -0.15) is 0 Å². The fourth-order valence-electron chi connectivity index (χ4n) is 3.13. The van der Waals surface area contributed by atoms with Crippen LogP contribution in [0, 0.1) is 0 Å². The lowest BCUT2D eigenvalue weighted by molar-refractivity contribution is -0.0657. The lowest BCUT2D eigenvalue weighted by Gasteiger charge is -2.37. The van der Waals surface area contributed by atoms with Gasteiger partial charge < -0.3 is 15.4 Å². The largest absolute Gasteiger partial charge is 0.373 e. The zero-order chi connectivity index (χ0) is 17.1. The zero-order valence-corrected chi connectivity index (χ0v) is 17.9. The number of nitrogens with one attached hydrogen (secondary N) is 2. The standard InChI is InChI=1S/C19H32N4O.HI/c1-3-14-24-19(11-7-5-8-12-19)16-23-18(20-4-2)22-15-17-10-6-9-13-21-17;/h6,9-10,13H,3-5,7-8,11-12,14-16H2,1-2H3,(H2,20,22,23);1H. The Balaban J connectivity index is 0.00000312. The number of aromatic nitrogens is 1. The van der Waals surface area contributed by atoms with Gasteiger partial charge >= 0.3 is 0 Å².